The smallest absolute Gasteiger partial charge is 0.167 e. The van der Waals surface area contributed by atoms with Gasteiger partial charge in [0.05, 0.1) is 25.1 Å². The predicted molar refractivity (Wildman–Crippen MR) is 94.6 cm³/mol. The highest BCUT2D eigenvalue weighted by atomic mass is 16.6. The minimum atomic E-state index is -1.15. The molecule has 1 saturated carbocycles. The molecule has 4 rings (SSSR count). The van der Waals surface area contributed by atoms with Crippen molar-refractivity contribution in [1.82, 2.24) is 19.5 Å². The molecule has 2 fully saturated rings. The number of aromatic nitrogens is 4. The van der Waals surface area contributed by atoms with Crippen LogP contribution in [-0.4, -0.2) is 72.0 Å². The van der Waals surface area contributed by atoms with Crippen molar-refractivity contribution < 1.29 is 24.8 Å². The number of aliphatic hydroxyl groups excluding tert-OH is 3. The van der Waals surface area contributed by atoms with Crippen molar-refractivity contribution in [2.45, 2.75) is 69.4 Å². The van der Waals surface area contributed by atoms with E-state index in [9.17, 15) is 15.3 Å². The molecule has 0 radical (unpaired) electrons. The Balaban J connectivity index is 1.47. The van der Waals surface area contributed by atoms with Crippen LogP contribution in [0.2, 0.25) is 0 Å². The molecular weight excluding hydrogens is 354 g/mol. The second kappa shape index (κ2) is 7.28. The summed E-state index contributed by atoms with van der Waals surface area (Å²) in [6, 6.07) is 0. The molecule has 148 valence electrons. The summed E-state index contributed by atoms with van der Waals surface area (Å²) in [5, 5.41) is 30.4. The summed E-state index contributed by atoms with van der Waals surface area (Å²) in [5.74, 6) is 0.734. The maximum atomic E-state index is 10.5. The minimum Gasteiger partial charge on any atom is -0.393 e. The van der Waals surface area contributed by atoms with Crippen LogP contribution in [0.25, 0.3) is 11.2 Å². The summed E-state index contributed by atoms with van der Waals surface area (Å²) in [5.41, 5.74) is 6.75. The minimum absolute atomic E-state index is 0.0321. The highest BCUT2D eigenvalue weighted by Crippen LogP contribution is 2.33. The van der Waals surface area contributed by atoms with E-state index >= 15 is 0 Å². The fourth-order valence-electron chi connectivity index (χ4n) is 3.78. The van der Waals surface area contributed by atoms with Crippen LogP contribution in [-0.2, 0) is 9.47 Å². The lowest BCUT2D eigenvalue weighted by molar-refractivity contribution is -0.0909. The Kier molecular flexibility index (Phi) is 4.99. The molecule has 2 aromatic rings. The van der Waals surface area contributed by atoms with E-state index in [1.54, 1.807) is 11.5 Å². The van der Waals surface area contributed by atoms with Crippen LogP contribution >= 0.6 is 0 Å². The summed E-state index contributed by atoms with van der Waals surface area (Å²) in [6.45, 7) is 1.88. The van der Waals surface area contributed by atoms with Gasteiger partial charge in [-0.15, -0.1) is 0 Å². The maximum Gasteiger partial charge on any atom is 0.167 e. The van der Waals surface area contributed by atoms with Crippen molar-refractivity contribution in [3.8, 4) is 0 Å². The maximum absolute atomic E-state index is 10.5. The molecule has 27 heavy (non-hydrogen) atoms. The molecule has 0 spiro atoms. The Hall–Kier alpha value is -1.85. The average Bonchev–Trinajstić information content (AvgIpc) is 3.17. The first-order valence-electron chi connectivity index (χ1n) is 9.22. The second-order valence-corrected chi connectivity index (χ2v) is 7.29. The van der Waals surface area contributed by atoms with E-state index in [1.165, 1.54) is 6.33 Å². The van der Waals surface area contributed by atoms with Crippen LogP contribution < -0.4 is 5.73 Å². The van der Waals surface area contributed by atoms with Crippen LogP contribution in [0.4, 0.5) is 5.82 Å². The summed E-state index contributed by atoms with van der Waals surface area (Å²) < 4.78 is 13.3. The third kappa shape index (κ3) is 3.50. The number of nitrogen functional groups attached to an aromatic ring is 1. The molecule has 0 aromatic carbocycles. The van der Waals surface area contributed by atoms with E-state index in [4.69, 9.17) is 15.2 Å². The van der Waals surface area contributed by atoms with Gasteiger partial charge in [0, 0.05) is 0 Å². The van der Waals surface area contributed by atoms with Crippen LogP contribution in [0, 0.1) is 6.92 Å². The third-order valence-electron chi connectivity index (χ3n) is 5.31. The first-order valence-corrected chi connectivity index (χ1v) is 9.22. The summed E-state index contributed by atoms with van der Waals surface area (Å²) in [7, 11) is 0. The summed E-state index contributed by atoms with van der Waals surface area (Å²) in [6.07, 6.45) is 0.465. The summed E-state index contributed by atoms with van der Waals surface area (Å²) in [4.78, 5) is 12.6. The Bertz CT molecular complexity index is 806. The molecule has 1 aliphatic carbocycles. The quantitative estimate of drug-likeness (QED) is 0.559. The van der Waals surface area contributed by atoms with Crippen LogP contribution in [0.1, 0.15) is 37.7 Å². The van der Waals surface area contributed by atoms with E-state index in [2.05, 4.69) is 15.0 Å². The largest absolute Gasteiger partial charge is 0.393 e. The molecule has 5 N–H and O–H groups in total. The number of aryl methyl sites for hydroxylation is 1. The molecule has 0 bridgehead atoms. The zero-order valence-electron chi connectivity index (χ0n) is 15.1. The summed E-state index contributed by atoms with van der Waals surface area (Å²) >= 11 is 0. The van der Waals surface area contributed by atoms with Gasteiger partial charge in [0.25, 0.3) is 0 Å². The van der Waals surface area contributed by atoms with Crippen molar-refractivity contribution in [2.24, 2.45) is 0 Å². The van der Waals surface area contributed by atoms with E-state index < -0.39 is 24.5 Å². The first-order chi connectivity index (χ1) is 12.9. The van der Waals surface area contributed by atoms with Gasteiger partial charge >= 0.3 is 0 Å². The van der Waals surface area contributed by atoms with Gasteiger partial charge in [-0.3, -0.25) is 4.57 Å². The van der Waals surface area contributed by atoms with Gasteiger partial charge in [0.2, 0.25) is 0 Å². The van der Waals surface area contributed by atoms with E-state index in [-0.39, 0.29) is 24.6 Å². The van der Waals surface area contributed by atoms with E-state index in [0.29, 0.717) is 29.8 Å². The van der Waals surface area contributed by atoms with Gasteiger partial charge in [-0.1, -0.05) is 0 Å². The predicted octanol–water partition coefficient (Wildman–Crippen LogP) is -0.344. The number of nitrogens with two attached hydrogens (primary N) is 1. The van der Waals surface area contributed by atoms with Crippen molar-refractivity contribution in [2.75, 3.05) is 12.3 Å². The van der Waals surface area contributed by atoms with E-state index in [1.807, 2.05) is 0 Å². The number of rotatable bonds is 4. The number of anilines is 1. The molecule has 0 unspecified atom stereocenters. The molecule has 1 saturated heterocycles. The van der Waals surface area contributed by atoms with Gasteiger partial charge in [-0.2, -0.15) is 0 Å². The lowest BCUT2D eigenvalue weighted by Crippen LogP contribution is -2.35. The number of aliphatic hydroxyl groups is 3. The topological polar surface area (TPSA) is 149 Å². The van der Waals surface area contributed by atoms with Crippen molar-refractivity contribution >= 4 is 17.0 Å². The molecule has 2 aliphatic rings. The Morgan fingerprint density at radius 1 is 1.19 bits per heavy atom. The molecule has 0 amide bonds. The van der Waals surface area contributed by atoms with Crippen LogP contribution in [0.3, 0.4) is 0 Å². The number of imidazole rings is 1. The second-order valence-electron chi connectivity index (χ2n) is 7.29. The number of ether oxygens (including phenoxy) is 2. The van der Waals surface area contributed by atoms with Gasteiger partial charge in [0.15, 0.2) is 17.7 Å². The Morgan fingerprint density at radius 2 is 1.93 bits per heavy atom. The Morgan fingerprint density at radius 3 is 2.67 bits per heavy atom. The molecule has 3 heterocycles. The molecule has 10 heteroatoms. The van der Waals surface area contributed by atoms with Crippen molar-refractivity contribution in [1.29, 1.82) is 0 Å². The molecule has 10 nitrogen and oxygen atoms in total. The Labute approximate surface area is 156 Å². The standard InChI is InChI=1S/C17H25N5O5/c1-8-20-15(18)12-16(21-8)22(7-19-12)17-14(25)13(24)11(27-17)6-26-10-4-2-9(23)3-5-10/h7,9-11,13-14,17,23-25H,2-6H2,1H3,(H2,18,20,21)/t9?,10?,11-,13-,14-,17-/m1/s1. The lowest BCUT2D eigenvalue weighted by atomic mass is 9.95. The highest BCUT2D eigenvalue weighted by Gasteiger charge is 2.44. The van der Waals surface area contributed by atoms with Crippen molar-refractivity contribution in [3.63, 3.8) is 0 Å². The molecule has 4 atom stereocenters. The molecule has 1 aliphatic heterocycles. The number of nitrogens with zero attached hydrogens (tertiary/aromatic N) is 4. The van der Waals surface area contributed by atoms with Gasteiger partial charge in [-0.25, -0.2) is 15.0 Å². The average molecular weight is 379 g/mol. The van der Waals surface area contributed by atoms with Crippen LogP contribution in [0.15, 0.2) is 6.33 Å². The van der Waals surface area contributed by atoms with Gasteiger partial charge in [0.1, 0.15) is 29.7 Å². The number of hydrogen-bond donors (Lipinski definition) is 4. The monoisotopic (exact) mass is 379 g/mol. The SMILES string of the molecule is Cc1nc(N)c2ncn([C@@H]3O[C@H](COC4CCC(O)CC4)[C@@H](O)[C@H]3O)c2n1. The third-order valence-corrected chi connectivity index (χ3v) is 5.31. The van der Waals surface area contributed by atoms with Gasteiger partial charge in [-0.05, 0) is 32.6 Å². The molecule has 2 aromatic heterocycles. The highest BCUT2D eigenvalue weighted by molar-refractivity contribution is 5.81. The van der Waals surface area contributed by atoms with Crippen LogP contribution in [0.5, 0.6) is 0 Å². The fraction of sp³-hybridized carbons (Fsp3) is 0.706. The van der Waals surface area contributed by atoms with Gasteiger partial charge < -0.3 is 30.5 Å². The normalized spacial score (nSPS) is 34.4. The van der Waals surface area contributed by atoms with Crippen molar-refractivity contribution in [3.05, 3.63) is 12.2 Å². The zero-order valence-corrected chi connectivity index (χ0v) is 15.1. The molecular formula is C17H25N5O5. The number of fused-ring (bicyclic) bond motifs is 1. The zero-order chi connectivity index (χ0) is 19.1. The fourth-order valence-corrected chi connectivity index (χ4v) is 3.78. The number of hydrogen-bond acceptors (Lipinski definition) is 9. The first kappa shape index (κ1) is 18.5. The lowest BCUT2D eigenvalue weighted by Gasteiger charge is -2.27. The van der Waals surface area contributed by atoms with E-state index in [0.717, 1.165) is 12.8 Å².